The maximum Gasteiger partial charge on any atom is 0.00217 e. The van der Waals surface area contributed by atoms with Crippen LogP contribution in [0.15, 0.2) is 0 Å². The maximum absolute atomic E-state index is 2.31. The van der Waals surface area contributed by atoms with Crippen molar-refractivity contribution in [2.45, 2.75) is 37.2 Å². The van der Waals surface area contributed by atoms with Crippen molar-refractivity contribution in [1.82, 2.24) is 0 Å². The van der Waals surface area contributed by atoms with Gasteiger partial charge in [-0.05, 0) is 12.8 Å². The summed E-state index contributed by atoms with van der Waals surface area (Å²) >= 11 is 2.12. The highest BCUT2D eigenvalue weighted by Crippen LogP contribution is 2.32. The molecule has 1 aliphatic rings. The molecular weight excluding hydrogens is 104 g/mol. The van der Waals surface area contributed by atoms with Gasteiger partial charge in [-0.3, -0.25) is 0 Å². The molecule has 1 heterocycles. The van der Waals surface area contributed by atoms with Crippen molar-refractivity contribution < 1.29 is 0 Å². The second-order valence-corrected chi connectivity index (χ2v) is 4.22. The zero-order valence-corrected chi connectivity index (χ0v) is 5.79. The molecule has 1 rings (SSSR count). The zero-order valence-electron chi connectivity index (χ0n) is 4.98. The third-order valence-corrected chi connectivity index (χ3v) is 2.84. The topological polar surface area (TPSA) is 0 Å². The van der Waals surface area contributed by atoms with E-state index in [-0.39, 0.29) is 0 Å². The van der Waals surface area contributed by atoms with E-state index in [9.17, 15) is 0 Å². The van der Waals surface area contributed by atoms with E-state index in [2.05, 4.69) is 25.6 Å². The van der Waals surface area contributed by atoms with Crippen LogP contribution < -0.4 is 0 Å². The fraction of sp³-hybridized carbons (Fsp3) is 1.00. The van der Waals surface area contributed by atoms with Gasteiger partial charge in [0.1, 0.15) is 0 Å². The summed E-state index contributed by atoms with van der Waals surface area (Å²) in [5, 5.41) is 1.88. The predicted octanol–water partition coefficient (Wildman–Crippen LogP) is 2.29. The van der Waals surface area contributed by atoms with Gasteiger partial charge < -0.3 is 0 Å². The summed E-state index contributed by atoms with van der Waals surface area (Å²) < 4.78 is 0. The van der Waals surface area contributed by atoms with E-state index >= 15 is 0 Å². The van der Waals surface area contributed by atoms with Crippen LogP contribution in [-0.4, -0.2) is 10.5 Å². The van der Waals surface area contributed by atoms with Gasteiger partial charge in [0.15, 0.2) is 0 Å². The van der Waals surface area contributed by atoms with Crippen molar-refractivity contribution >= 4 is 11.8 Å². The van der Waals surface area contributed by atoms with Gasteiger partial charge in [-0.25, -0.2) is 0 Å². The lowest BCUT2D eigenvalue weighted by atomic mass is 10.2. The van der Waals surface area contributed by atoms with E-state index in [1.54, 1.807) is 0 Å². The second kappa shape index (κ2) is 2.08. The highest BCUT2D eigenvalue weighted by atomic mass is 32.2. The molecule has 1 aliphatic heterocycles. The largest absolute Gasteiger partial charge is 0.156 e. The summed E-state index contributed by atoms with van der Waals surface area (Å²) in [6.07, 6.45) is 2.87. The SMILES string of the molecule is CC1CC[C@H](C)S1. The molecule has 0 bridgehead atoms. The van der Waals surface area contributed by atoms with E-state index < -0.39 is 0 Å². The molecule has 0 saturated carbocycles. The molecule has 1 heteroatoms. The van der Waals surface area contributed by atoms with Gasteiger partial charge in [-0.1, -0.05) is 13.8 Å². The molecule has 1 fully saturated rings. The van der Waals surface area contributed by atoms with E-state index in [0.29, 0.717) is 0 Å². The van der Waals surface area contributed by atoms with Gasteiger partial charge >= 0.3 is 0 Å². The molecule has 0 aliphatic carbocycles. The van der Waals surface area contributed by atoms with Crippen LogP contribution in [-0.2, 0) is 0 Å². The first-order valence-electron chi connectivity index (χ1n) is 2.94. The molecule has 0 aromatic carbocycles. The number of hydrogen-bond acceptors (Lipinski definition) is 1. The van der Waals surface area contributed by atoms with Crippen LogP contribution in [0.1, 0.15) is 26.7 Å². The first kappa shape index (κ1) is 5.49. The van der Waals surface area contributed by atoms with Crippen molar-refractivity contribution in [2.24, 2.45) is 0 Å². The minimum Gasteiger partial charge on any atom is -0.156 e. The van der Waals surface area contributed by atoms with Gasteiger partial charge in [0.25, 0.3) is 0 Å². The number of rotatable bonds is 0. The quantitative estimate of drug-likeness (QED) is 0.468. The smallest absolute Gasteiger partial charge is 0.00217 e. The molecule has 42 valence electrons. The van der Waals surface area contributed by atoms with Crippen molar-refractivity contribution in [1.29, 1.82) is 0 Å². The lowest BCUT2D eigenvalue weighted by molar-refractivity contribution is 0.777. The monoisotopic (exact) mass is 116 g/mol. The van der Waals surface area contributed by atoms with Crippen LogP contribution in [0.4, 0.5) is 0 Å². The molecule has 0 nitrogen and oxygen atoms in total. The number of hydrogen-bond donors (Lipinski definition) is 0. The number of thioether (sulfide) groups is 1. The van der Waals surface area contributed by atoms with Crippen molar-refractivity contribution in [3.05, 3.63) is 0 Å². The fourth-order valence-electron chi connectivity index (χ4n) is 1.00. The van der Waals surface area contributed by atoms with Crippen molar-refractivity contribution in [3.8, 4) is 0 Å². The average molecular weight is 116 g/mol. The van der Waals surface area contributed by atoms with E-state index in [4.69, 9.17) is 0 Å². The fourth-order valence-corrected chi connectivity index (χ4v) is 2.34. The Hall–Kier alpha value is 0.350. The van der Waals surface area contributed by atoms with Crippen molar-refractivity contribution in [2.75, 3.05) is 0 Å². The van der Waals surface area contributed by atoms with Crippen LogP contribution >= 0.6 is 11.8 Å². The van der Waals surface area contributed by atoms with Crippen LogP contribution in [0.2, 0.25) is 0 Å². The van der Waals surface area contributed by atoms with Crippen molar-refractivity contribution in [3.63, 3.8) is 0 Å². The Balaban J connectivity index is 2.26. The van der Waals surface area contributed by atoms with Gasteiger partial charge in [0, 0.05) is 10.5 Å². The van der Waals surface area contributed by atoms with Crippen LogP contribution in [0, 0.1) is 0 Å². The molecule has 0 radical (unpaired) electrons. The molecule has 2 atom stereocenters. The summed E-state index contributed by atoms with van der Waals surface area (Å²) in [6, 6.07) is 0. The zero-order chi connectivity index (χ0) is 5.28. The van der Waals surface area contributed by atoms with Gasteiger partial charge in [-0.2, -0.15) is 11.8 Å². The molecule has 1 unspecified atom stereocenters. The van der Waals surface area contributed by atoms with E-state index in [1.165, 1.54) is 12.8 Å². The highest BCUT2D eigenvalue weighted by molar-refractivity contribution is 8.00. The summed E-state index contributed by atoms with van der Waals surface area (Å²) in [4.78, 5) is 0. The molecule has 0 aromatic rings. The standard InChI is InChI=1S/C6H12S/c1-5-3-4-6(2)7-5/h5-6H,3-4H2,1-2H3/t5-,6?/m0/s1. The van der Waals surface area contributed by atoms with E-state index in [1.807, 2.05) is 0 Å². The third-order valence-electron chi connectivity index (χ3n) is 1.44. The van der Waals surface area contributed by atoms with Crippen LogP contribution in [0.3, 0.4) is 0 Å². The maximum atomic E-state index is 2.31. The minimum atomic E-state index is 0.940. The molecule has 0 N–H and O–H groups in total. The van der Waals surface area contributed by atoms with E-state index in [0.717, 1.165) is 10.5 Å². The van der Waals surface area contributed by atoms with Gasteiger partial charge in [0.2, 0.25) is 0 Å². The Morgan fingerprint density at radius 2 is 1.57 bits per heavy atom. The Bertz CT molecular complexity index is 53.2. The molecule has 0 aromatic heterocycles. The summed E-state index contributed by atoms with van der Waals surface area (Å²) in [6.45, 7) is 4.63. The molecule has 7 heavy (non-hydrogen) atoms. The summed E-state index contributed by atoms with van der Waals surface area (Å²) in [7, 11) is 0. The minimum absolute atomic E-state index is 0.940. The lowest BCUT2D eigenvalue weighted by Crippen LogP contribution is -1.84. The third kappa shape index (κ3) is 1.37. The molecule has 0 amide bonds. The second-order valence-electron chi connectivity index (χ2n) is 2.33. The van der Waals surface area contributed by atoms with Gasteiger partial charge in [0.05, 0.1) is 0 Å². The molecular formula is C6H12S. The predicted molar refractivity (Wildman–Crippen MR) is 35.7 cm³/mol. The van der Waals surface area contributed by atoms with Gasteiger partial charge in [-0.15, -0.1) is 0 Å². The first-order valence-corrected chi connectivity index (χ1v) is 3.89. The first-order chi connectivity index (χ1) is 3.29. The molecule has 1 saturated heterocycles. The summed E-state index contributed by atoms with van der Waals surface area (Å²) in [5.74, 6) is 0. The Morgan fingerprint density at radius 1 is 1.14 bits per heavy atom. The highest BCUT2D eigenvalue weighted by Gasteiger charge is 2.16. The summed E-state index contributed by atoms with van der Waals surface area (Å²) in [5.41, 5.74) is 0. The van der Waals surface area contributed by atoms with Crippen LogP contribution in [0.25, 0.3) is 0 Å². The Morgan fingerprint density at radius 3 is 1.71 bits per heavy atom. The Kier molecular flexibility index (Phi) is 1.63. The molecule has 0 spiro atoms. The normalized spacial score (nSPS) is 42.0. The average Bonchev–Trinajstić information content (AvgIpc) is 1.87. The Labute approximate surface area is 49.7 Å². The van der Waals surface area contributed by atoms with Crippen LogP contribution in [0.5, 0.6) is 0 Å². The lowest BCUT2D eigenvalue weighted by Gasteiger charge is -1.97.